The van der Waals surface area contributed by atoms with Crippen LogP contribution in [-0.4, -0.2) is 83.8 Å². The van der Waals surface area contributed by atoms with E-state index in [1.54, 1.807) is 17.0 Å². The Morgan fingerprint density at radius 2 is 1.92 bits per heavy atom. The van der Waals surface area contributed by atoms with Crippen molar-refractivity contribution in [1.29, 1.82) is 0 Å². The number of nitrogens with zero attached hydrogens (tertiary/aromatic N) is 5. The second kappa shape index (κ2) is 10.7. The first-order valence-corrected chi connectivity index (χ1v) is 12.1. The minimum Gasteiger partial charge on any atom is -0.410 e. The molecule has 4 heterocycles. The average Bonchev–Trinajstić information content (AvgIpc) is 3.45. The van der Waals surface area contributed by atoms with Gasteiger partial charge in [0.2, 0.25) is 5.82 Å². The Morgan fingerprint density at radius 3 is 2.62 bits per heavy atom. The first-order chi connectivity index (χ1) is 17.9. The number of aromatic nitrogens is 4. The van der Waals surface area contributed by atoms with E-state index in [1.807, 2.05) is 18.2 Å². The molecule has 5 N–H and O–H groups in total. The fourth-order valence-electron chi connectivity index (χ4n) is 4.54. The van der Waals surface area contributed by atoms with E-state index in [0.717, 1.165) is 12.8 Å². The number of hydrogen-bond donors (Lipinski definition) is 4. The molecule has 2 saturated heterocycles. The zero-order valence-electron chi connectivity index (χ0n) is 20.0. The number of imidazole rings is 1. The monoisotopic (exact) mass is 508 g/mol. The number of rotatable bonds is 4. The summed E-state index contributed by atoms with van der Waals surface area (Å²) in [5, 5.41) is 29.8. The molecule has 2 aromatic heterocycles. The van der Waals surface area contributed by atoms with Crippen molar-refractivity contribution in [3.05, 3.63) is 42.5 Å². The maximum absolute atomic E-state index is 12.4. The van der Waals surface area contributed by atoms with Crippen molar-refractivity contribution in [3.63, 3.8) is 0 Å². The van der Waals surface area contributed by atoms with Crippen molar-refractivity contribution in [2.75, 3.05) is 25.4 Å². The number of likely N-dealkylation sites (tertiary alicyclic amines) is 1. The third kappa shape index (κ3) is 5.21. The Bertz CT molecular complexity index is 1310. The zero-order valence-corrected chi connectivity index (χ0v) is 20.0. The minimum atomic E-state index is -1.28. The minimum absolute atomic E-state index is 0.130. The highest BCUT2D eigenvalue weighted by Gasteiger charge is 2.44. The summed E-state index contributed by atoms with van der Waals surface area (Å²) < 4.78 is 12.4. The van der Waals surface area contributed by atoms with E-state index in [1.165, 1.54) is 10.9 Å². The van der Waals surface area contributed by atoms with Crippen LogP contribution in [0, 0.1) is 17.8 Å². The number of anilines is 1. The van der Waals surface area contributed by atoms with Gasteiger partial charge in [0.05, 0.1) is 12.9 Å². The lowest BCUT2D eigenvalue weighted by Gasteiger charge is -2.30. The van der Waals surface area contributed by atoms with Gasteiger partial charge in [-0.05, 0) is 36.8 Å². The summed E-state index contributed by atoms with van der Waals surface area (Å²) in [5.74, 6) is 7.23. The summed E-state index contributed by atoms with van der Waals surface area (Å²) in [6, 6.07) is 9.00. The molecule has 0 bridgehead atoms. The highest BCUT2D eigenvalue weighted by atomic mass is 16.6. The summed E-state index contributed by atoms with van der Waals surface area (Å²) in [7, 11) is 0. The number of carbonyl (C=O) groups excluding carboxylic acids is 1. The van der Waals surface area contributed by atoms with Crippen molar-refractivity contribution < 1.29 is 29.6 Å². The van der Waals surface area contributed by atoms with E-state index in [4.69, 9.17) is 15.2 Å². The maximum atomic E-state index is 12.4. The number of para-hydroxylation sites is 1. The SMILES string of the molecule is Nc1nc(C#CCC2CCN(C(=O)Oc3ccccc3)CC2)nc2c1ncn2[C@@H]1O[C@H](CO)C(O)C1O. The molecule has 194 valence electrons. The van der Waals surface area contributed by atoms with Crippen LogP contribution in [0.4, 0.5) is 10.6 Å². The van der Waals surface area contributed by atoms with Gasteiger partial charge in [-0.25, -0.2) is 19.7 Å². The molecule has 2 aliphatic rings. The third-order valence-corrected chi connectivity index (χ3v) is 6.65. The van der Waals surface area contributed by atoms with Gasteiger partial charge in [-0.2, -0.15) is 0 Å². The molecule has 1 aromatic carbocycles. The average molecular weight is 509 g/mol. The normalized spacial score (nSPS) is 24.1. The van der Waals surface area contributed by atoms with Gasteiger partial charge >= 0.3 is 6.09 Å². The molecular formula is C25H28N6O6. The molecule has 2 aliphatic heterocycles. The molecule has 0 saturated carbocycles. The quantitative estimate of drug-likeness (QED) is 0.368. The van der Waals surface area contributed by atoms with Crippen molar-refractivity contribution in [1.82, 2.24) is 24.4 Å². The van der Waals surface area contributed by atoms with Gasteiger partial charge in [-0.3, -0.25) is 4.57 Å². The maximum Gasteiger partial charge on any atom is 0.415 e. The van der Waals surface area contributed by atoms with E-state index in [0.29, 0.717) is 42.3 Å². The molecule has 0 spiro atoms. The first kappa shape index (κ1) is 24.9. The van der Waals surface area contributed by atoms with Gasteiger partial charge in [0.1, 0.15) is 29.6 Å². The molecule has 0 radical (unpaired) electrons. The lowest BCUT2D eigenvalue weighted by molar-refractivity contribution is -0.0511. The number of benzene rings is 1. The second-order valence-electron chi connectivity index (χ2n) is 9.10. The number of aliphatic hydroxyl groups excluding tert-OH is 3. The Kier molecular flexibility index (Phi) is 7.20. The van der Waals surface area contributed by atoms with Gasteiger partial charge in [0.15, 0.2) is 17.7 Å². The van der Waals surface area contributed by atoms with Gasteiger partial charge in [-0.15, -0.1) is 0 Å². The predicted molar refractivity (Wildman–Crippen MR) is 131 cm³/mol. The van der Waals surface area contributed by atoms with Crippen LogP contribution in [0.3, 0.4) is 0 Å². The molecule has 3 aromatic rings. The summed E-state index contributed by atoms with van der Waals surface area (Å²) in [6.07, 6.45) is -1.20. The van der Waals surface area contributed by atoms with E-state index < -0.39 is 31.1 Å². The van der Waals surface area contributed by atoms with Crippen molar-refractivity contribution in [3.8, 4) is 17.6 Å². The zero-order chi connectivity index (χ0) is 25.9. The number of fused-ring (bicyclic) bond motifs is 1. The number of carbonyl (C=O) groups is 1. The fraction of sp³-hybridized carbons (Fsp3) is 0.440. The van der Waals surface area contributed by atoms with E-state index in [-0.39, 0.29) is 17.7 Å². The van der Waals surface area contributed by atoms with Crippen LogP contribution in [-0.2, 0) is 4.74 Å². The van der Waals surface area contributed by atoms with Gasteiger partial charge in [0.25, 0.3) is 0 Å². The first-order valence-electron chi connectivity index (χ1n) is 12.1. The molecule has 1 amide bonds. The fourth-order valence-corrected chi connectivity index (χ4v) is 4.54. The summed E-state index contributed by atoms with van der Waals surface area (Å²) >= 11 is 0. The summed E-state index contributed by atoms with van der Waals surface area (Å²) in [4.78, 5) is 26.9. The second-order valence-corrected chi connectivity index (χ2v) is 9.10. The topological polar surface area (TPSA) is 169 Å². The highest BCUT2D eigenvalue weighted by Crippen LogP contribution is 2.32. The Hall–Kier alpha value is -3.76. The summed E-state index contributed by atoms with van der Waals surface area (Å²) in [6.45, 7) is 0.746. The molecule has 12 nitrogen and oxygen atoms in total. The van der Waals surface area contributed by atoms with Crippen molar-refractivity contribution >= 4 is 23.1 Å². The molecule has 12 heteroatoms. The number of ether oxygens (including phenoxy) is 2. The van der Waals surface area contributed by atoms with Crippen molar-refractivity contribution in [2.24, 2.45) is 5.92 Å². The molecule has 0 aliphatic carbocycles. The Balaban J connectivity index is 1.21. The van der Waals surface area contributed by atoms with Gasteiger partial charge in [0, 0.05) is 19.5 Å². The smallest absolute Gasteiger partial charge is 0.410 e. The molecule has 2 unspecified atom stereocenters. The van der Waals surface area contributed by atoms with Crippen molar-refractivity contribution in [2.45, 2.75) is 43.8 Å². The standard InChI is InChI=1S/C25H28N6O6/c26-22-19-23(31(14-27-19)24-21(34)20(33)17(13-32)37-24)29-18(28-22)8-4-5-15-9-11-30(12-10-15)25(35)36-16-6-2-1-3-7-16/h1-3,6-7,14-15,17,20-21,24,32-34H,5,9-13H2,(H2,26,28,29)/t17-,20?,21?,24-/m1/s1. The Morgan fingerprint density at radius 1 is 1.16 bits per heavy atom. The molecule has 5 rings (SSSR count). The summed E-state index contributed by atoms with van der Waals surface area (Å²) in [5.41, 5.74) is 6.68. The van der Waals surface area contributed by atoms with Crippen LogP contribution in [0.1, 0.15) is 31.3 Å². The van der Waals surface area contributed by atoms with E-state index in [9.17, 15) is 20.1 Å². The van der Waals surface area contributed by atoms with Crippen LogP contribution < -0.4 is 10.5 Å². The van der Waals surface area contributed by atoms with Crippen LogP contribution in [0.5, 0.6) is 5.75 Å². The molecule has 2 fully saturated rings. The van der Waals surface area contributed by atoms with E-state index >= 15 is 0 Å². The van der Waals surface area contributed by atoms with Gasteiger partial charge < -0.3 is 35.4 Å². The van der Waals surface area contributed by atoms with Crippen LogP contribution in [0.15, 0.2) is 36.7 Å². The van der Waals surface area contributed by atoms with Gasteiger partial charge in [-0.1, -0.05) is 24.1 Å². The number of nitrogens with two attached hydrogens (primary N) is 1. The lowest BCUT2D eigenvalue weighted by atomic mass is 9.94. The van der Waals surface area contributed by atoms with Crippen LogP contribution >= 0.6 is 0 Å². The molecule has 4 atom stereocenters. The number of piperidine rings is 1. The molecule has 37 heavy (non-hydrogen) atoms. The number of amides is 1. The number of aliphatic hydroxyl groups is 3. The van der Waals surface area contributed by atoms with Crippen LogP contribution in [0.25, 0.3) is 11.2 Å². The Labute approximate surface area is 212 Å². The lowest BCUT2D eigenvalue weighted by Crippen LogP contribution is -2.40. The van der Waals surface area contributed by atoms with E-state index in [2.05, 4.69) is 26.8 Å². The largest absolute Gasteiger partial charge is 0.415 e. The highest BCUT2D eigenvalue weighted by molar-refractivity contribution is 5.82. The third-order valence-electron chi connectivity index (χ3n) is 6.65. The predicted octanol–water partition coefficient (Wildman–Crippen LogP) is 0.673. The number of hydrogen-bond acceptors (Lipinski definition) is 10. The number of nitrogen functional groups attached to an aromatic ring is 1. The molecular weight excluding hydrogens is 480 g/mol. The van der Waals surface area contributed by atoms with Crippen LogP contribution in [0.2, 0.25) is 0 Å².